The molecule has 0 aliphatic heterocycles. The molecule has 0 aliphatic rings. The van der Waals surface area contributed by atoms with Crippen molar-refractivity contribution in [2.24, 2.45) is 0 Å². The molecule has 6 nitrogen and oxygen atoms in total. The average molecular weight is 418 g/mol. The molecule has 31 heavy (non-hydrogen) atoms. The van der Waals surface area contributed by atoms with Crippen LogP contribution in [0.4, 0.5) is 0 Å². The number of hydrogen-bond donors (Lipinski definition) is 1. The van der Waals surface area contributed by atoms with Gasteiger partial charge in [-0.3, -0.25) is 9.59 Å². The van der Waals surface area contributed by atoms with E-state index in [1.54, 1.807) is 17.9 Å². The van der Waals surface area contributed by atoms with Gasteiger partial charge in [-0.25, -0.2) is 4.98 Å². The summed E-state index contributed by atoms with van der Waals surface area (Å²) in [4.78, 5) is 29.7. The number of aliphatic carboxylic acids is 1. The zero-order valence-corrected chi connectivity index (χ0v) is 18.0. The van der Waals surface area contributed by atoms with Gasteiger partial charge >= 0.3 is 5.97 Å². The van der Waals surface area contributed by atoms with Crippen LogP contribution in [0.2, 0.25) is 0 Å². The molecule has 0 saturated carbocycles. The molecule has 160 valence electrons. The Labute approximate surface area is 182 Å². The Morgan fingerprint density at radius 3 is 2.39 bits per heavy atom. The highest BCUT2D eigenvalue weighted by molar-refractivity contribution is 5.77. The van der Waals surface area contributed by atoms with E-state index in [0.717, 1.165) is 22.3 Å². The number of carbonyl (C=O) groups excluding carboxylic acids is 1. The number of pyridine rings is 1. The number of carboxylic acid groups (broad SMARTS) is 1. The number of aryl methyl sites for hydroxylation is 1. The lowest BCUT2D eigenvalue weighted by molar-refractivity contribution is -0.136. The van der Waals surface area contributed by atoms with Crippen LogP contribution in [-0.4, -0.2) is 34.0 Å². The van der Waals surface area contributed by atoms with Crippen LogP contribution in [0.3, 0.4) is 0 Å². The number of amides is 1. The van der Waals surface area contributed by atoms with Gasteiger partial charge in [0.2, 0.25) is 11.8 Å². The Bertz CT molecular complexity index is 1080. The SMILES string of the molecule is COc1ncc(CC(=O)O)cc1-c1ccc(C)cc1CN(Cc1ccccc1)C(C)=O. The predicted molar refractivity (Wildman–Crippen MR) is 119 cm³/mol. The van der Waals surface area contributed by atoms with Gasteiger partial charge in [-0.2, -0.15) is 0 Å². The molecule has 2 aromatic carbocycles. The number of aromatic nitrogens is 1. The number of rotatable bonds is 8. The molecule has 0 bridgehead atoms. The van der Waals surface area contributed by atoms with Crippen LogP contribution in [0.1, 0.15) is 29.2 Å². The van der Waals surface area contributed by atoms with E-state index >= 15 is 0 Å². The monoisotopic (exact) mass is 418 g/mol. The van der Waals surface area contributed by atoms with Crippen molar-refractivity contribution in [3.63, 3.8) is 0 Å². The van der Waals surface area contributed by atoms with E-state index in [1.165, 1.54) is 13.3 Å². The van der Waals surface area contributed by atoms with Crippen molar-refractivity contribution < 1.29 is 19.4 Å². The molecule has 6 heteroatoms. The average Bonchev–Trinajstić information content (AvgIpc) is 2.73. The maximum absolute atomic E-state index is 12.4. The van der Waals surface area contributed by atoms with Crippen LogP contribution in [0.5, 0.6) is 5.88 Å². The Hall–Kier alpha value is -3.67. The van der Waals surface area contributed by atoms with Crippen LogP contribution < -0.4 is 4.74 Å². The van der Waals surface area contributed by atoms with E-state index in [9.17, 15) is 9.59 Å². The molecule has 1 heterocycles. The number of hydrogen-bond acceptors (Lipinski definition) is 4. The minimum atomic E-state index is -0.923. The Morgan fingerprint density at radius 1 is 1.00 bits per heavy atom. The molecular formula is C25H26N2O4. The van der Waals surface area contributed by atoms with Crippen molar-refractivity contribution in [3.05, 3.63) is 83.0 Å². The Balaban J connectivity index is 2.02. The van der Waals surface area contributed by atoms with Gasteiger partial charge in [-0.05, 0) is 35.2 Å². The summed E-state index contributed by atoms with van der Waals surface area (Å²) in [6.45, 7) is 4.47. The number of ether oxygens (including phenoxy) is 1. The van der Waals surface area contributed by atoms with Crippen molar-refractivity contribution in [2.45, 2.75) is 33.4 Å². The van der Waals surface area contributed by atoms with Gasteiger partial charge in [0.1, 0.15) is 0 Å². The fourth-order valence-corrected chi connectivity index (χ4v) is 3.53. The number of carbonyl (C=O) groups is 2. The van der Waals surface area contributed by atoms with Gasteiger partial charge in [-0.15, -0.1) is 0 Å². The van der Waals surface area contributed by atoms with Gasteiger partial charge in [0.05, 0.1) is 13.5 Å². The number of nitrogens with zero attached hydrogens (tertiary/aromatic N) is 2. The van der Waals surface area contributed by atoms with Crippen LogP contribution in [-0.2, 0) is 29.1 Å². The molecule has 1 amide bonds. The summed E-state index contributed by atoms with van der Waals surface area (Å²) >= 11 is 0. The predicted octanol–water partition coefficient (Wildman–Crippen LogP) is 4.24. The van der Waals surface area contributed by atoms with Gasteiger partial charge in [0, 0.05) is 31.8 Å². The van der Waals surface area contributed by atoms with Crippen molar-refractivity contribution in [1.82, 2.24) is 9.88 Å². The highest BCUT2D eigenvalue weighted by atomic mass is 16.5. The van der Waals surface area contributed by atoms with Crippen LogP contribution in [0.25, 0.3) is 11.1 Å². The zero-order chi connectivity index (χ0) is 22.4. The van der Waals surface area contributed by atoms with E-state index in [2.05, 4.69) is 4.98 Å². The van der Waals surface area contributed by atoms with E-state index < -0.39 is 5.97 Å². The maximum atomic E-state index is 12.4. The first-order valence-electron chi connectivity index (χ1n) is 10.0. The first-order chi connectivity index (χ1) is 14.9. The molecule has 0 unspecified atom stereocenters. The first-order valence-corrected chi connectivity index (χ1v) is 10.0. The van der Waals surface area contributed by atoms with Crippen molar-refractivity contribution >= 4 is 11.9 Å². The molecule has 0 fully saturated rings. The fraction of sp³-hybridized carbons (Fsp3) is 0.240. The summed E-state index contributed by atoms with van der Waals surface area (Å²) in [6.07, 6.45) is 1.39. The lowest BCUT2D eigenvalue weighted by Gasteiger charge is -2.24. The standard InChI is InChI=1S/C25H26N2O4/c1-17-9-10-22(23-12-20(13-24(29)30)14-26-25(23)31-3)21(11-17)16-27(18(2)28)15-19-7-5-4-6-8-19/h4-12,14H,13,15-16H2,1-3H3,(H,29,30). The molecule has 1 aromatic heterocycles. The van der Waals surface area contributed by atoms with Gasteiger partial charge in [-0.1, -0.05) is 54.1 Å². The molecule has 3 aromatic rings. The van der Waals surface area contributed by atoms with Crippen LogP contribution >= 0.6 is 0 Å². The molecule has 3 rings (SSSR count). The van der Waals surface area contributed by atoms with E-state index in [0.29, 0.717) is 30.1 Å². The van der Waals surface area contributed by atoms with Crippen molar-refractivity contribution in [2.75, 3.05) is 7.11 Å². The largest absolute Gasteiger partial charge is 0.481 e. The lowest BCUT2D eigenvalue weighted by atomic mass is 9.96. The van der Waals surface area contributed by atoms with Gasteiger partial charge in [0.25, 0.3) is 0 Å². The third kappa shape index (κ3) is 5.69. The normalized spacial score (nSPS) is 10.5. The molecule has 0 saturated heterocycles. The molecular weight excluding hydrogens is 392 g/mol. The lowest BCUT2D eigenvalue weighted by Crippen LogP contribution is -2.28. The summed E-state index contributed by atoms with van der Waals surface area (Å²) in [5, 5.41) is 9.16. The van der Waals surface area contributed by atoms with Gasteiger partial charge < -0.3 is 14.7 Å². The second-order valence-corrected chi connectivity index (χ2v) is 7.49. The minimum absolute atomic E-state index is 0.0268. The maximum Gasteiger partial charge on any atom is 0.307 e. The van der Waals surface area contributed by atoms with E-state index in [4.69, 9.17) is 9.84 Å². The highest BCUT2D eigenvalue weighted by Gasteiger charge is 2.18. The third-order valence-electron chi connectivity index (χ3n) is 5.03. The molecule has 0 spiro atoms. The summed E-state index contributed by atoms with van der Waals surface area (Å²) in [5.41, 5.74) is 5.22. The Morgan fingerprint density at radius 2 is 1.74 bits per heavy atom. The Kier molecular flexibility index (Phi) is 7.03. The first kappa shape index (κ1) is 22.0. The number of methoxy groups -OCH3 is 1. The second kappa shape index (κ2) is 9.89. The number of benzene rings is 2. The second-order valence-electron chi connectivity index (χ2n) is 7.49. The van der Waals surface area contributed by atoms with Crippen LogP contribution in [0, 0.1) is 6.92 Å². The summed E-state index contributed by atoms with van der Waals surface area (Å²) < 4.78 is 5.45. The van der Waals surface area contributed by atoms with E-state index in [-0.39, 0.29) is 12.3 Å². The summed E-state index contributed by atoms with van der Waals surface area (Å²) in [5.74, 6) is -0.537. The molecule has 0 radical (unpaired) electrons. The van der Waals surface area contributed by atoms with Crippen LogP contribution in [0.15, 0.2) is 60.8 Å². The summed E-state index contributed by atoms with van der Waals surface area (Å²) in [7, 11) is 1.54. The quantitative estimate of drug-likeness (QED) is 0.592. The molecule has 0 aliphatic carbocycles. The minimum Gasteiger partial charge on any atom is -0.481 e. The molecule has 1 N–H and O–H groups in total. The van der Waals surface area contributed by atoms with Crippen molar-refractivity contribution in [1.29, 1.82) is 0 Å². The zero-order valence-electron chi connectivity index (χ0n) is 18.0. The summed E-state index contributed by atoms with van der Waals surface area (Å²) in [6, 6.07) is 17.6. The third-order valence-corrected chi connectivity index (χ3v) is 5.03. The fourth-order valence-electron chi connectivity index (χ4n) is 3.53. The van der Waals surface area contributed by atoms with E-state index in [1.807, 2.05) is 55.5 Å². The smallest absolute Gasteiger partial charge is 0.307 e. The van der Waals surface area contributed by atoms with Gasteiger partial charge in [0.15, 0.2) is 0 Å². The molecule has 0 atom stereocenters. The topological polar surface area (TPSA) is 79.7 Å². The number of carboxylic acids is 1. The van der Waals surface area contributed by atoms with Crippen molar-refractivity contribution in [3.8, 4) is 17.0 Å². The highest BCUT2D eigenvalue weighted by Crippen LogP contribution is 2.33.